The minimum absolute atomic E-state index is 0.0203. The fourth-order valence-corrected chi connectivity index (χ4v) is 10.5. The van der Waals surface area contributed by atoms with Crippen molar-refractivity contribution in [2.24, 2.45) is 0 Å². The maximum absolute atomic E-state index is 12.4. The molecule has 6 heteroatoms. The monoisotopic (exact) mass is 1020 g/mol. The molecule has 0 aliphatic rings. The number of allylic oxidation sites excluding steroid dienone is 2. The standard InChI is InChI=1S/C66H129NO5/c1-3-5-7-9-11-13-15-36-40-44-48-52-56-60-66(71)72-61-57-53-49-45-41-38-35-33-31-29-27-25-23-21-19-17-16-18-20-22-24-26-28-30-32-34-37-39-43-47-51-55-59-65(70)67-63(62-68)64(69)58-54-50-46-42-14-12-10-8-6-4-2/h19,21,63-64,68-69H,3-18,20,22-62H2,1-2H3,(H,67,70)/b21-19-. The number of esters is 1. The van der Waals surface area contributed by atoms with Crippen molar-refractivity contribution in [3.63, 3.8) is 0 Å². The smallest absolute Gasteiger partial charge is 0.305 e. The molecule has 0 aliphatic heterocycles. The zero-order valence-corrected chi connectivity index (χ0v) is 48.9. The van der Waals surface area contributed by atoms with Gasteiger partial charge in [-0.25, -0.2) is 0 Å². The summed E-state index contributed by atoms with van der Waals surface area (Å²) in [4.78, 5) is 24.5. The van der Waals surface area contributed by atoms with Crippen molar-refractivity contribution in [2.75, 3.05) is 13.2 Å². The van der Waals surface area contributed by atoms with Gasteiger partial charge >= 0.3 is 5.97 Å². The third-order valence-electron chi connectivity index (χ3n) is 15.6. The maximum atomic E-state index is 12.4. The summed E-state index contributed by atoms with van der Waals surface area (Å²) >= 11 is 0. The Morgan fingerprint density at radius 2 is 0.653 bits per heavy atom. The zero-order chi connectivity index (χ0) is 52.2. The van der Waals surface area contributed by atoms with Gasteiger partial charge in [0.05, 0.1) is 25.4 Å². The highest BCUT2D eigenvalue weighted by molar-refractivity contribution is 5.76. The van der Waals surface area contributed by atoms with E-state index in [4.69, 9.17) is 4.74 Å². The number of hydrogen-bond acceptors (Lipinski definition) is 5. The van der Waals surface area contributed by atoms with E-state index in [0.717, 1.165) is 38.5 Å². The normalized spacial score (nSPS) is 12.6. The summed E-state index contributed by atoms with van der Waals surface area (Å²) in [5, 5.41) is 23.2. The number of ether oxygens (including phenoxy) is 1. The van der Waals surface area contributed by atoms with Crippen LogP contribution in [-0.2, 0) is 14.3 Å². The molecule has 2 atom stereocenters. The Hall–Kier alpha value is -1.40. The van der Waals surface area contributed by atoms with Crippen molar-refractivity contribution < 1.29 is 24.5 Å². The average Bonchev–Trinajstić information content (AvgIpc) is 3.38. The van der Waals surface area contributed by atoms with Gasteiger partial charge in [0.2, 0.25) is 5.91 Å². The summed E-state index contributed by atoms with van der Waals surface area (Å²) < 4.78 is 5.49. The fraction of sp³-hybridized carbons (Fsp3) is 0.939. The molecule has 72 heavy (non-hydrogen) atoms. The number of hydrogen-bond donors (Lipinski definition) is 3. The van der Waals surface area contributed by atoms with Crippen molar-refractivity contribution in [3.8, 4) is 0 Å². The zero-order valence-electron chi connectivity index (χ0n) is 48.9. The minimum Gasteiger partial charge on any atom is -0.466 e. The summed E-state index contributed by atoms with van der Waals surface area (Å²) in [6.45, 7) is 4.97. The summed E-state index contributed by atoms with van der Waals surface area (Å²) in [5.74, 6) is -0.0119. The Kier molecular flexibility index (Phi) is 60.9. The second kappa shape index (κ2) is 62.1. The number of aliphatic hydroxyl groups is 2. The van der Waals surface area contributed by atoms with Crippen LogP contribution in [0.5, 0.6) is 0 Å². The van der Waals surface area contributed by atoms with Gasteiger partial charge in [-0.3, -0.25) is 9.59 Å². The second-order valence-electron chi connectivity index (χ2n) is 22.8. The van der Waals surface area contributed by atoms with E-state index in [1.54, 1.807) is 0 Å². The van der Waals surface area contributed by atoms with Crippen molar-refractivity contribution in [1.82, 2.24) is 5.32 Å². The number of carbonyl (C=O) groups excluding carboxylic acids is 2. The molecule has 0 bridgehead atoms. The Balaban J connectivity index is 3.32. The molecule has 0 saturated heterocycles. The lowest BCUT2D eigenvalue weighted by atomic mass is 10.0. The molecule has 0 saturated carbocycles. The summed E-state index contributed by atoms with van der Waals surface area (Å²) in [6, 6.07) is -0.537. The molecule has 0 fully saturated rings. The molecule has 3 N–H and O–H groups in total. The van der Waals surface area contributed by atoms with Crippen LogP contribution in [0, 0.1) is 0 Å². The first-order chi connectivity index (χ1) is 35.5. The molecule has 1 amide bonds. The quantitative estimate of drug-likeness (QED) is 0.0320. The van der Waals surface area contributed by atoms with Gasteiger partial charge in [-0.1, -0.05) is 321 Å². The van der Waals surface area contributed by atoms with E-state index in [-0.39, 0.29) is 18.5 Å². The molecule has 0 spiro atoms. The van der Waals surface area contributed by atoms with Crippen molar-refractivity contribution in [2.45, 2.75) is 386 Å². The largest absolute Gasteiger partial charge is 0.466 e. The molecule has 6 nitrogen and oxygen atoms in total. The van der Waals surface area contributed by atoms with E-state index in [1.807, 2.05) is 0 Å². The van der Waals surface area contributed by atoms with Gasteiger partial charge in [-0.2, -0.15) is 0 Å². The number of amides is 1. The van der Waals surface area contributed by atoms with Gasteiger partial charge in [0.25, 0.3) is 0 Å². The Morgan fingerprint density at radius 1 is 0.375 bits per heavy atom. The lowest BCUT2D eigenvalue weighted by Gasteiger charge is -2.22. The molecule has 0 heterocycles. The Bertz CT molecular complexity index is 1080. The maximum Gasteiger partial charge on any atom is 0.305 e. The first-order valence-corrected chi connectivity index (χ1v) is 32.9. The first kappa shape index (κ1) is 70.6. The molecule has 0 aromatic carbocycles. The van der Waals surface area contributed by atoms with Gasteiger partial charge in [-0.05, 0) is 51.4 Å². The molecule has 0 aliphatic carbocycles. The summed E-state index contributed by atoms with van der Waals surface area (Å²) in [5.41, 5.74) is 0. The Morgan fingerprint density at radius 3 is 0.986 bits per heavy atom. The van der Waals surface area contributed by atoms with E-state index < -0.39 is 12.1 Å². The van der Waals surface area contributed by atoms with Crippen LogP contribution in [0.4, 0.5) is 0 Å². The van der Waals surface area contributed by atoms with Gasteiger partial charge in [0.1, 0.15) is 0 Å². The SMILES string of the molecule is CCCCCCCCCCCCCCCC(=O)OCCCCCCCCCCCCCC/C=C\CCCCCCCCCCCCCCCCCCC(=O)NC(CO)C(O)CCCCCCCCCCCC. The van der Waals surface area contributed by atoms with Crippen molar-refractivity contribution in [1.29, 1.82) is 0 Å². The number of nitrogens with one attached hydrogen (secondary N) is 1. The predicted molar refractivity (Wildman–Crippen MR) is 315 cm³/mol. The topological polar surface area (TPSA) is 95.9 Å². The van der Waals surface area contributed by atoms with Gasteiger partial charge in [-0.15, -0.1) is 0 Å². The molecule has 0 aromatic rings. The minimum atomic E-state index is -0.659. The first-order valence-electron chi connectivity index (χ1n) is 32.9. The number of unbranched alkanes of at least 4 members (excludes halogenated alkanes) is 49. The molecule has 428 valence electrons. The number of carbonyl (C=O) groups is 2. The average molecular weight is 1020 g/mol. The highest BCUT2D eigenvalue weighted by Gasteiger charge is 2.20. The third-order valence-corrected chi connectivity index (χ3v) is 15.6. The van der Waals surface area contributed by atoms with E-state index in [9.17, 15) is 19.8 Å². The number of aliphatic hydroxyl groups excluding tert-OH is 2. The van der Waals surface area contributed by atoms with E-state index in [0.29, 0.717) is 25.9 Å². The molecule has 0 aromatic heterocycles. The van der Waals surface area contributed by atoms with Gasteiger partial charge in [0, 0.05) is 12.8 Å². The number of rotatable bonds is 62. The molecule has 0 radical (unpaired) electrons. The lowest BCUT2D eigenvalue weighted by molar-refractivity contribution is -0.143. The molecular formula is C66H129NO5. The van der Waals surface area contributed by atoms with Crippen LogP contribution >= 0.6 is 0 Å². The van der Waals surface area contributed by atoms with E-state index >= 15 is 0 Å². The summed E-state index contributed by atoms with van der Waals surface area (Å²) in [6.07, 6.45) is 75.5. The molecule has 2 unspecified atom stereocenters. The fourth-order valence-electron chi connectivity index (χ4n) is 10.5. The van der Waals surface area contributed by atoms with Crippen LogP contribution < -0.4 is 5.32 Å². The van der Waals surface area contributed by atoms with Crippen LogP contribution in [0.3, 0.4) is 0 Å². The van der Waals surface area contributed by atoms with Gasteiger partial charge in [0.15, 0.2) is 0 Å². The summed E-state index contributed by atoms with van der Waals surface area (Å²) in [7, 11) is 0. The van der Waals surface area contributed by atoms with Crippen molar-refractivity contribution in [3.05, 3.63) is 12.2 Å². The van der Waals surface area contributed by atoms with Crippen LogP contribution in [-0.4, -0.2) is 47.4 Å². The van der Waals surface area contributed by atoms with Crippen LogP contribution in [0.25, 0.3) is 0 Å². The Labute approximate surface area is 450 Å². The second-order valence-corrected chi connectivity index (χ2v) is 22.8. The van der Waals surface area contributed by atoms with E-state index in [2.05, 4.69) is 31.3 Å². The van der Waals surface area contributed by atoms with Crippen LogP contribution in [0.15, 0.2) is 12.2 Å². The van der Waals surface area contributed by atoms with Crippen LogP contribution in [0.1, 0.15) is 373 Å². The van der Waals surface area contributed by atoms with Crippen molar-refractivity contribution >= 4 is 11.9 Å². The lowest BCUT2D eigenvalue weighted by Crippen LogP contribution is -2.45. The third kappa shape index (κ3) is 57.9. The highest BCUT2D eigenvalue weighted by atomic mass is 16.5. The molecule has 0 rings (SSSR count). The molecular weight excluding hydrogens is 887 g/mol. The van der Waals surface area contributed by atoms with E-state index in [1.165, 1.54) is 302 Å². The van der Waals surface area contributed by atoms with Crippen LogP contribution in [0.2, 0.25) is 0 Å². The van der Waals surface area contributed by atoms with Gasteiger partial charge < -0.3 is 20.3 Å². The predicted octanol–water partition coefficient (Wildman–Crippen LogP) is 20.8. The highest BCUT2D eigenvalue weighted by Crippen LogP contribution is 2.18.